The summed E-state index contributed by atoms with van der Waals surface area (Å²) in [4.78, 5) is 39.2. The van der Waals surface area contributed by atoms with Crippen molar-refractivity contribution in [3.05, 3.63) is 60.9 Å². The smallest absolute Gasteiger partial charge is 0.419 e. The molecule has 0 unspecified atom stereocenters. The van der Waals surface area contributed by atoms with Crippen molar-refractivity contribution < 1.29 is 23.5 Å². The molecule has 0 radical (unpaired) electrons. The molecule has 38 heavy (non-hydrogen) atoms. The predicted octanol–water partition coefficient (Wildman–Crippen LogP) is 6.45. The first-order chi connectivity index (χ1) is 17.7. The zero-order chi connectivity index (χ0) is 27.8. The van der Waals surface area contributed by atoms with Crippen LogP contribution in [-0.2, 0) is 9.47 Å². The molecule has 4 rings (SSSR count). The molecular weight excluding hydrogens is 489 g/mol. The zero-order valence-corrected chi connectivity index (χ0v) is 22.4. The number of hydrogen-bond donors (Lipinski definition) is 0. The molecule has 4 heterocycles. The number of carbonyl (C=O) groups is 2. The summed E-state index contributed by atoms with van der Waals surface area (Å²) >= 11 is 0. The fourth-order valence-electron chi connectivity index (χ4n) is 3.70. The van der Waals surface area contributed by atoms with Gasteiger partial charge in [0.05, 0.1) is 28.7 Å². The van der Waals surface area contributed by atoms with E-state index in [-0.39, 0.29) is 5.56 Å². The van der Waals surface area contributed by atoms with Gasteiger partial charge in [-0.25, -0.2) is 24.1 Å². The molecule has 0 aliphatic carbocycles. The normalized spacial score (nSPS) is 11.9. The summed E-state index contributed by atoms with van der Waals surface area (Å²) < 4.78 is 27.7. The number of anilines is 1. The maximum absolute atomic E-state index is 15.4. The molecule has 0 aromatic carbocycles. The van der Waals surface area contributed by atoms with Crippen LogP contribution in [0.4, 0.5) is 19.8 Å². The molecule has 10 heteroatoms. The van der Waals surface area contributed by atoms with E-state index in [1.807, 2.05) is 0 Å². The summed E-state index contributed by atoms with van der Waals surface area (Å²) in [6, 6.07) is 9.95. The van der Waals surface area contributed by atoms with E-state index in [2.05, 4.69) is 15.0 Å². The van der Waals surface area contributed by atoms with E-state index in [4.69, 9.17) is 9.47 Å². The van der Waals surface area contributed by atoms with Crippen LogP contribution in [0.1, 0.15) is 41.5 Å². The first kappa shape index (κ1) is 26.7. The molecule has 0 saturated carbocycles. The molecule has 198 valence electrons. The summed E-state index contributed by atoms with van der Waals surface area (Å²) in [7, 11) is 1.56. The standard InChI is InChI=1S/C28H30FN5O4/c1-27(2,3)37-25(35)33(7)23-11-8-18(15-31-23)20-10-9-19(24(29)32-20)21-14-17-12-13-30-16-22(17)34(21)26(36)38-28(4,5)6/h8-16H,1-7H3. The van der Waals surface area contributed by atoms with Gasteiger partial charge in [0.15, 0.2) is 0 Å². The molecule has 1 amide bonds. The Kier molecular flexibility index (Phi) is 6.92. The molecule has 9 nitrogen and oxygen atoms in total. The van der Waals surface area contributed by atoms with Crippen LogP contribution >= 0.6 is 0 Å². The highest BCUT2D eigenvalue weighted by Crippen LogP contribution is 2.32. The van der Waals surface area contributed by atoms with Gasteiger partial charge in [-0.05, 0) is 77.9 Å². The van der Waals surface area contributed by atoms with Gasteiger partial charge < -0.3 is 9.47 Å². The Morgan fingerprint density at radius 1 is 0.947 bits per heavy atom. The Hall–Kier alpha value is -4.34. The van der Waals surface area contributed by atoms with Gasteiger partial charge in [0.2, 0.25) is 5.95 Å². The quantitative estimate of drug-likeness (QED) is 0.287. The third-order valence-electron chi connectivity index (χ3n) is 5.36. The van der Waals surface area contributed by atoms with Crippen molar-refractivity contribution in [2.75, 3.05) is 11.9 Å². The summed E-state index contributed by atoms with van der Waals surface area (Å²) in [5, 5.41) is 0.707. The minimum absolute atomic E-state index is 0.130. The van der Waals surface area contributed by atoms with Crippen LogP contribution in [0.15, 0.2) is 55.0 Å². The topological polar surface area (TPSA) is 99.4 Å². The molecule has 0 fully saturated rings. The number of nitrogens with zero attached hydrogens (tertiary/aromatic N) is 5. The fraction of sp³-hybridized carbons (Fsp3) is 0.321. The SMILES string of the molecule is CN(C(=O)OC(C)(C)C)c1ccc(-c2ccc(-c3cc4ccncc4n3C(=O)OC(C)(C)C)c(F)n2)cn1. The average molecular weight is 520 g/mol. The van der Waals surface area contributed by atoms with Crippen molar-refractivity contribution in [1.29, 1.82) is 0 Å². The van der Waals surface area contributed by atoms with E-state index in [9.17, 15) is 9.59 Å². The number of fused-ring (bicyclic) bond motifs is 1. The van der Waals surface area contributed by atoms with Crippen LogP contribution in [0, 0.1) is 5.95 Å². The lowest BCUT2D eigenvalue weighted by molar-refractivity contribution is 0.0544. The van der Waals surface area contributed by atoms with Gasteiger partial charge in [-0.3, -0.25) is 9.88 Å². The van der Waals surface area contributed by atoms with Gasteiger partial charge in [0.25, 0.3) is 0 Å². The second-order valence-electron chi connectivity index (χ2n) is 10.8. The average Bonchev–Trinajstić information content (AvgIpc) is 3.21. The Labute approximate surface area is 220 Å². The fourth-order valence-corrected chi connectivity index (χ4v) is 3.70. The van der Waals surface area contributed by atoms with E-state index in [0.29, 0.717) is 33.7 Å². The van der Waals surface area contributed by atoms with Gasteiger partial charge in [0, 0.05) is 30.4 Å². The van der Waals surface area contributed by atoms with Gasteiger partial charge in [-0.1, -0.05) is 0 Å². The largest absolute Gasteiger partial charge is 0.443 e. The zero-order valence-electron chi connectivity index (χ0n) is 22.4. The minimum Gasteiger partial charge on any atom is -0.443 e. The molecule has 0 atom stereocenters. The van der Waals surface area contributed by atoms with Crippen LogP contribution in [0.5, 0.6) is 0 Å². The molecule has 0 spiro atoms. The summed E-state index contributed by atoms with van der Waals surface area (Å²) in [5.41, 5.74) is 0.427. The van der Waals surface area contributed by atoms with Crippen LogP contribution in [0.3, 0.4) is 0 Å². The van der Waals surface area contributed by atoms with E-state index in [1.54, 1.807) is 91.2 Å². The number of amides is 1. The highest BCUT2D eigenvalue weighted by atomic mass is 19.1. The van der Waals surface area contributed by atoms with Gasteiger partial charge in [-0.2, -0.15) is 4.39 Å². The molecular formula is C28H30FN5O4. The lowest BCUT2D eigenvalue weighted by atomic mass is 10.1. The minimum atomic E-state index is -0.766. The summed E-state index contributed by atoms with van der Waals surface area (Å²) in [6.07, 6.45) is 3.44. The number of hydrogen-bond acceptors (Lipinski definition) is 7. The monoisotopic (exact) mass is 519 g/mol. The molecule has 0 aliphatic heterocycles. The van der Waals surface area contributed by atoms with Crippen LogP contribution in [0.2, 0.25) is 0 Å². The van der Waals surface area contributed by atoms with E-state index in [0.717, 1.165) is 0 Å². The number of pyridine rings is 3. The Balaban J connectivity index is 1.66. The van der Waals surface area contributed by atoms with E-state index >= 15 is 4.39 Å². The van der Waals surface area contributed by atoms with Gasteiger partial charge >= 0.3 is 12.2 Å². The molecule has 0 bridgehead atoms. The maximum atomic E-state index is 15.4. The van der Waals surface area contributed by atoms with Crippen LogP contribution in [-0.4, -0.2) is 50.0 Å². The Bertz CT molecular complexity index is 1500. The van der Waals surface area contributed by atoms with Crippen LogP contribution < -0.4 is 4.90 Å². The van der Waals surface area contributed by atoms with Crippen molar-refractivity contribution in [1.82, 2.24) is 19.5 Å². The number of halogens is 1. The van der Waals surface area contributed by atoms with Gasteiger partial charge in [0.1, 0.15) is 17.0 Å². The lowest BCUT2D eigenvalue weighted by Gasteiger charge is -2.24. The summed E-state index contributed by atoms with van der Waals surface area (Å²) in [5.74, 6) is -0.395. The van der Waals surface area contributed by atoms with Crippen molar-refractivity contribution in [2.24, 2.45) is 0 Å². The number of aromatic nitrogens is 4. The molecule has 4 aromatic heterocycles. The highest BCUT2D eigenvalue weighted by molar-refractivity contribution is 5.96. The van der Waals surface area contributed by atoms with Crippen molar-refractivity contribution in [2.45, 2.75) is 52.7 Å². The number of ether oxygens (including phenoxy) is 2. The first-order valence-electron chi connectivity index (χ1n) is 12.0. The van der Waals surface area contributed by atoms with E-state index < -0.39 is 29.3 Å². The first-order valence-corrected chi connectivity index (χ1v) is 12.0. The summed E-state index contributed by atoms with van der Waals surface area (Å²) in [6.45, 7) is 10.6. The van der Waals surface area contributed by atoms with Crippen molar-refractivity contribution >= 4 is 28.9 Å². The Morgan fingerprint density at radius 3 is 2.26 bits per heavy atom. The highest BCUT2D eigenvalue weighted by Gasteiger charge is 2.25. The second kappa shape index (κ2) is 9.85. The second-order valence-corrected chi connectivity index (χ2v) is 10.8. The van der Waals surface area contributed by atoms with Crippen LogP contribution in [0.25, 0.3) is 33.4 Å². The third-order valence-corrected chi connectivity index (χ3v) is 5.36. The van der Waals surface area contributed by atoms with E-state index in [1.165, 1.54) is 21.9 Å². The van der Waals surface area contributed by atoms with Crippen molar-refractivity contribution in [3.63, 3.8) is 0 Å². The molecule has 0 saturated heterocycles. The van der Waals surface area contributed by atoms with Crippen molar-refractivity contribution in [3.8, 4) is 22.5 Å². The predicted molar refractivity (Wildman–Crippen MR) is 142 cm³/mol. The number of carbonyl (C=O) groups excluding carboxylic acids is 2. The third kappa shape index (κ3) is 5.80. The Morgan fingerprint density at radius 2 is 1.66 bits per heavy atom. The maximum Gasteiger partial charge on any atom is 0.419 e. The lowest BCUT2D eigenvalue weighted by Crippen LogP contribution is -2.34. The van der Waals surface area contributed by atoms with Gasteiger partial charge in [-0.15, -0.1) is 0 Å². The molecule has 4 aromatic rings. The molecule has 0 N–H and O–H groups in total. The number of rotatable bonds is 3. The molecule has 0 aliphatic rings.